The van der Waals surface area contributed by atoms with Gasteiger partial charge >= 0.3 is 0 Å². The van der Waals surface area contributed by atoms with Crippen LogP contribution in [-0.2, 0) is 10.0 Å². The maximum Gasteiger partial charge on any atom is 0.235 e. The van der Waals surface area contributed by atoms with Crippen LogP contribution in [-0.4, -0.2) is 45.6 Å². The van der Waals surface area contributed by atoms with E-state index in [9.17, 15) is 8.42 Å². The number of para-hydroxylation sites is 1. The Morgan fingerprint density at radius 1 is 1.03 bits per heavy atom. The molecule has 4 aromatic rings. The highest BCUT2D eigenvalue weighted by Gasteiger charge is 2.31. The Labute approximate surface area is 210 Å². The number of sulfonamides is 1. The summed E-state index contributed by atoms with van der Waals surface area (Å²) in [7, 11) is -1.83. The Morgan fingerprint density at radius 2 is 1.69 bits per heavy atom. The molecule has 0 atom stereocenters. The molecular formula is C26H28N6O3S. The van der Waals surface area contributed by atoms with Crippen LogP contribution in [0.3, 0.4) is 0 Å². The second-order valence-electron chi connectivity index (χ2n) is 8.88. The van der Waals surface area contributed by atoms with E-state index in [0.717, 1.165) is 48.2 Å². The van der Waals surface area contributed by atoms with Crippen LogP contribution >= 0.6 is 0 Å². The van der Waals surface area contributed by atoms with Crippen molar-refractivity contribution in [2.24, 2.45) is 0 Å². The number of nitrogens with two attached hydrogens (primary N) is 1. The van der Waals surface area contributed by atoms with Crippen LogP contribution in [0.15, 0.2) is 72.9 Å². The van der Waals surface area contributed by atoms with E-state index in [2.05, 4.69) is 16.5 Å². The summed E-state index contributed by atoms with van der Waals surface area (Å²) in [4.78, 5) is 8.71. The van der Waals surface area contributed by atoms with Crippen LogP contribution in [0, 0.1) is 0 Å². The van der Waals surface area contributed by atoms with Crippen molar-refractivity contribution in [3.8, 4) is 22.8 Å². The highest BCUT2D eigenvalue weighted by molar-refractivity contribution is 7.92. The van der Waals surface area contributed by atoms with Crippen molar-refractivity contribution >= 4 is 26.9 Å². The summed E-state index contributed by atoms with van der Waals surface area (Å²) in [6, 6.07) is 17.3. The normalized spacial score (nSPS) is 18.4. The van der Waals surface area contributed by atoms with Gasteiger partial charge < -0.3 is 10.5 Å². The SMILES string of the molecule is C=CS(=O)(=O)N(C)[C@H]1CC[C@@H](n2nc(-c3ccc(Oc4ccccc4)cc3)c3c(N)ncnc32)CC1. The summed E-state index contributed by atoms with van der Waals surface area (Å²) in [5, 5.41) is 6.65. The molecule has 1 saturated carbocycles. The lowest BCUT2D eigenvalue weighted by Gasteiger charge is -2.33. The maximum absolute atomic E-state index is 12.2. The van der Waals surface area contributed by atoms with Gasteiger partial charge in [-0.2, -0.15) is 9.40 Å². The number of ether oxygens (including phenoxy) is 1. The van der Waals surface area contributed by atoms with E-state index in [0.29, 0.717) is 22.5 Å². The molecule has 0 saturated heterocycles. The number of aromatic nitrogens is 4. The fourth-order valence-corrected chi connectivity index (χ4v) is 5.61. The molecule has 2 aromatic heterocycles. The number of benzene rings is 2. The van der Waals surface area contributed by atoms with Crippen LogP contribution in [0.4, 0.5) is 5.82 Å². The summed E-state index contributed by atoms with van der Waals surface area (Å²) in [5.41, 5.74) is 8.55. The first kappa shape index (κ1) is 24.0. The first-order valence-corrected chi connectivity index (χ1v) is 13.3. The van der Waals surface area contributed by atoms with E-state index in [1.165, 1.54) is 10.6 Å². The van der Waals surface area contributed by atoms with Gasteiger partial charge in [-0.25, -0.2) is 23.1 Å². The van der Waals surface area contributed by atoms with Gasteiger partial charge in [0.15, 0.2) is 5.65 Å². The molecule has 2 aromatic carbocycles. The topological polar surface area (TPSA) is 116 Å². The second kappa shape index (κ2) is 9.71. The lowest BCUT2D eigenvalue weighted by molar-refractivity contribution is 0.232. The molecule has 1 aliphatic rings. The minimum atomic E-state index is -3.45. The predicted octanol–water partition coefficient (Wildman–Crippen LogP) is 4.76. The van der Waals surface area contributed by atoms with E-state index in [1.54, 1.807) is 7.05 Å². The molecular weight excluding hydrogens is 476 g/mol. The molecule has 186 valence electrons. The summed E-state index contributed by atoms with van der Waals surface area (Å²) >= 11 is 0. The van der Waals surface area contributed by atoms with E-state index < -0.39 is 10.0 Å². The third-order valence-corrected chi connectivity index (χ3v) is 8.29. The van der Waals surface area contributed by atoms with Gasteiger partial charge in [0.1, 0.15) is 29.3 Å². The lowest BCUT2D eigenvalue weighted by Crippen LogP contribution is -2.38. The van der Waals surface area contributed by atoms with E-state index in [-0.39, 0.29) is 12.1 Å². The average molecular weight is 505 g/mol. The maximum atomic E-state index is 12.2. The summed E-state index contributed by atoms with van der Waals surface area (Å²) in [6.45, 7) is 3.43. The molecule has 1 fully saturated rings. The minimum absolute atomic E-state index is 0.0672. The summed E-state index contributed by atoms with van der Waals surface area (Å²) in [6.07, 6.45) is 4.43. The molecule has 2 heterocycles. The van der Waals surface area contributed by atoms with Gasteiger partial charge in [-0.1, -0.05) is 24.8 Å². The Kier molecular flexibility index (Phi) is 6.46. The van der Waals surface area contributed by atoms with Crippen LogP contribution in [0.25, 0.3) is 22.3 Å². The molecule has 2 N–H and O–H groups in total. The fraction of sp³-hybridized carbons (Fsp3) is 0.269. The van der Waals surface area contributed by atoms with Crippen LogP contribution in [0.1, 0.15) is 31.7 Å². The molecule has 0 amide bonds. The number of rotatable bonds is 7. The monoisotopic (exact) mass is 504 g/mol. The zero-order chi connectivity index (χ0) is 25.3. The Bertz CT molecular complexity index is 1480. The third-order valence-electron chi connectivity index (χ3n) is 6.76. The largest absolute Gasteiger partial charge is 0.457 e. The van der Waals surface area contributed by atoms with Crippen molar-refractivity contribution in [2.75, 3.05) is 12.8 Å². The third kappa shape index (κ3) is 4.57. The molecule has 0 unspecified atom stereocenters. The fourth-order valence-electron chi connectivity index (χ4n) is 4.75. The molecule has 0 aliphatic heterocycles. The first-order valence-electron chi connectivity index (χ1n) is 11.8. The van der Waals surface area contributed by atoms with Gasteiger partial charge in [-0.05, 0) is 62.1 Å². The Morgan fingerprint density at radius 3 is 2.36 bits per heavy atom. The molecule has 0 spiro atoms. The number of hydrogen-bond donors (Lipinski definition) is 1. The van der Waals surface area contributed by atoms with Crippen molar-refractivity contribution in [2.45, 2.75) is 37.8 Å². The smallest absolute Gasteiger partial charge is 0.235 e. The van der Waals surface area contributed by atoms with Crippen molar-refractivity contribution in [1.82, 2.24) is 24.1 Å². The zero-order valence-corrected chi connectivity index (χ0v) is 20.8. The lowest BCUT2D eigenvalue weighted by atomic mass is 9.91. The van der Waals surface area contributed by atoms with Crippen LogP contribution in [0.5, 0.6) is 11.5 Å². The number of anilines is 1. The predicted molar refractivity (Wildman–Crippen MR) is 140 cm³/mol. The van der Waals surface area contributed by atoms with E-state index >= 15 is 0 Å². The van der Waals surface area contributed by atoms with Gasteiger partial charge in [-0.3, -0.25) is 0 Å². The van der Waals surface area contributed by atoms with Crippen LogP contribution < -0.4 is 10.5 Å². The molecule has 0 bridgehead atoms. The number of hydrogen-bond acceptors (Lipinski definition) is 7. The summed E-state index contributed by atoms with van der Waals surface area (Å²) < 4.78 is 33.7. The number of fused-ring (bicyclic) bond motifs is 1. The zero-order valence-electron chi connectivity index (χ0n) is 20.0. The summed E-state index contributed by atoms with van der Waals surface area (Å²) in [5.74, 6) is 1.85. The van der Waals surface area contributed by atoms with E-state index in [1.807, 2.05) is 59.3 Å². The van der Waals surface area contributed by atoms with Gasteiger partial charge in [-0.15, -0.1) is 0 Å². The van der Waals surface area contributed by atoms with Gasteiger partial charge in [0.2, 0.25) is 10.0 Å². The van der Waals surface area contributed by atoms with E-state index in [4.69, 9.17) is 15.6 Å². The Balaban J connectivity index is 1.42. The van der Waals surface area contributed by atoms with Gasteiger partial charge in [0.05, 0.1) is 11.4 Å². The van der Waals surface area contributed by atoms with Crippen LogP contribution in [0.2, 0.25) is 0 Å². The van der Waals surface area contributed by atoms with Crippen molar-refractivity contribution in [3.63, 3.8) is 0 Å². The second-order valence-corrected chi connectivity index (χ2v) is 10.8. The van der Waals surface area contributed by atoms with Gasteiger partial charge in [0, 0.05) is 24.1 Å². The highest BCUT2D eigenvalue weighted by atomic mass is 32.2. The molecule has 10 heteroatoms. The molecule has 1 aliphatic carbocycles. The quantitative estimate of drug-likeness (QED) is 0.386. The average Bonchev–Trinajstić information content (AvgIpc) is 3.30. The molecule has 36 heavy (non-hydrogen) atoms. The van der Waals surface area contributed by atoms with Gasteiger partial charge in [0.25, 0.3) is 0 Å². The molecule has 5 rings (SSSR count). The van der Waals surface area contributed by atoms with Crippen molar-refractivity contribution < 1.29 is 13.2 Å². The highest BCUT2D eigenvalue weighted by Crippen LogP contribution is 2.37. The minimum Gasteiger partial charge on any atom is -0.457 e. The molecule has 0 radical (unpaired) electrons. The molecule has 9 nitrogen and oxygen atoms in total. The van der Waals surface area contributed by atoms with Crippen molar-refractivity contribution in [1.29, 1.82) is 0 Å². The number of nitrogens with zero attached hydrogens (tertiary/aromatic N) is 5. The Hall–Kier alpha value is -3.76. The number of nitrogen functional groups attached to an aromatic ring is 1. The first-order chi connectivity index (χ1) is 17.4. The standard InChI is InChI=1S/C26H28N6O3S/c1-3-36(33,34)31(2)19-11-13-20(14-12-19)32-26-23(25(27)28-17-29-26)24(30-32)18-9-15-22(16-10-18)35-21-7-5-4-6-8-21/h3-10,15-17,19-20H,1,11-14H2,2H3,(H2,27,28,29)/t19-,20+. The van der Waals surface area contributed by atoms with Crippen molar-refractivity contribution in [3.05, 3.63) is 72.9 Å².